The van der Waals surface area contributed by atoms with Gasteiger partial charge >= 0.3 is 0 Å². The van der Waals surface area contributed by atoms with Crippen LogP contribution in [0.25, 0.3) is 0 Å². The van der Waals surface area contributed by atoms with Crippen molar-refractivity contribution in [3.05, 3.63) is 59.7 Å². The number of anilines is 1. The van der Waals surface area contributed by atoms with Crippen LogP contribution in [-0.2, 0) is 15.9 Å². The third-order valence-electron chi connectivity index (χ3n) is 5.30. The molecule has 0 radical (unpaired) electrons. The molecule has 7 heteroatoms. The second kappa shape index (κ2) is 8.24. The normalized spacial score (nSPS) is 18.4. The fraction of sp³-hybridized carbons (Fsp3) is 0.429. The highest BCUT2D eigenvalue weighted by atomic mass is 19.1. The maximum atomic E-state index is 12.9. The van der Waals surface area contributed by atoms with E-state index in [1.54, 1.807) is 24.4 Å². The molecule has 0 atom stereocenters. The van der Waals surface area contributed by atoms with E-state index in [1.165, 1.54) is 12.1 Å². The van der Waals surface area contributed by atoms with Gasteiger partial charge in [0.1, 0.15) is 11.5 Å². The zero-order chi connectivity index (χ0) is 19.4. The van der Waals surface area contributed by atoms with Gasteiger partial charge < -0.3 is 19.7 Å². The van der Waals surface area contributed by atoms with Crippen LogP contribution < -0.4 is 10.2 Å². The van der Waals surface area contributed by atoms with Crippen molar-refractivity contribution in [3.8, 4) is 0 Å². The molecular weight excluding hydrogens is 361 g/mol. The minimum absolute atomic E-state index is 0.209. The topological polar surface area (TPSA) is 63.7 Å². The zero-order valence-electron chi connectivity index (χ0n) is 15.7. The first-order valence-corrected chi connectivity index (χ1v) is 9.65. The van der Waals surface area contributed by atoms with Crippen molar-refractivity contribution >= 4 is 11.6 Å². The third kappa shape index (κ3) is 4.31. The molecule has 0 bridgehead atoms. The Hall–Kier alpha value is -2.51. The average Bonchev–Trinajstić information content (AvgIpc) is 3.18. The molecule has 1 aromatic carbocycles. The van der Waals surface area contributed by atoms with Gasteiger partial charge in [0.25, 0.3) is 5.91 Å². The number of pyridine rings is 1. The first kappa shape index (κ1) is 18.8. The van der Waals surface area contributed by atoms with E-state index < -0.39 is 5.79 Å². The van der Waals surface area contributed by atoms with E-state index in [0.717, 1.165) is 37.2 Å². The van der Waals surface area contributed by atoms with E-state index in [2.05, 4.69) is 15.2 Å². The van der Waals surface area contributed by atoms with E-state index in [9.17, 15) is 9.18 Å². The minimum Gasteiger partial charge on any atom is -0.370 e. The van der Waals surface area contributed by atoms with Gasteiger partial charge in [0.2, 0.25) is 0 Å². The monoisotopic (exact) mass is 385 g/mol. The Kier molecular flexibility index (Phi) is 5.54. The van der Waals surface area contributed by atoms with E-state index in [0.29, 0.717) is 31.9 Å². The second-order valence-corrected chi connectivity index (χ2v) is 7.13. The van der Waals surface area contributed by atoms with Crippen molar-refractivity contribution in [1.82, 2.24) is 10.3 Å². The molecule has 0 unspecified atom stereocenters. The lowest BCUT2D eigenvalue weighted by molar-refractivity contribution is -0.169. The van der Waals surface area contributed by atoms with Crippen molar-refractivity contribution in [2.45, 2.75) is 25.0 Å². The number of aromatic nitrogens is 1. The van der Waals surface area contributed by atoms with Crippen molar-refractivity contribution in [3.63, 3.8) is 0 Å². The zero-order valence-corrected chi connectivity index (χ0v) is 15.7. The molecule has 6 nitrogen and oxygen atoms in total. The molecule has 2 aromatic rings. The number of nitrogens with one attached hydrogen (secondary N) is 1. The summed E-state index contributed by atoms with van der Waals surface area (Å²) in [4.78, 5) is 18.8. The molecule has 1 amide bonds. The first-order chi connectivity index (χ1) is 13.6. The van der Waals surface area contributed by atoms with Gasteiger partial charge in [-0.2, -0.15) is 0 Å². The Morgan fingerprint density at radius 1 is 1.11 bits per heavy atom. The van der Waals surface area contributed by atoms with Crippen LogP contribution in [0.3, 0.4) is 0 Å². The molecule has 2 fully saturated rings. The van der Waals surface area contributed by atoms with Crippen LogP contribution in [0, 0.1) is 5.82 Å². The number of rotatable bonds is 5. The van der Waals surface area contributed by atoms with Crippen LogP contribution in [0.4, 0.5) is 10.1 Å². The lowest BCUT2D eigenvalue weighted by Gasteiger charge is -2.38. The number of ether oxygens (including phenoxy) is 2. The largest absolute Gasteiger partial charge is 0.370 e. The Balaban J connectivity index is 1.27. The maximum Gasteiger partial charge on any atom is 0.269 e. The van der Waals surface area contributed by atoms with Crippen LogP contribution in [0.2, 0.25) is 0 Å². The molecule has 3 heterocycles. The molecule has 0 aliphatic carbocycles. The van der Waals surface area contributed by atoms with Gasteiger partial charge in [0, 0.05) is 32.5 Å². The Bertz CT molecular complexity index is 795. The van der Waals surface area contributed by atoms with Crippen LogP contribution in [0.1, 0.15) is 28.9 Å². The summed E-state index contributed by atoms with van der Waals surface area (Å²) in [6, 6.07) is 9.96. The molecule has 148 valence electrons. The van der Waals surface area contributed by atoms with Crippen LogP contribution >= 0.6 is 0 Å². The highest BCUT2D eigenvalue weighted by Gasteiger charge is 2.39. The standard InChI is InChI=1S/C21H24FN3O3/c22-17-3-1-16(2-4-17)7-10-23-20(26)19-6-5-18(15-24-19)25-11-8-21(9-12-25)27-13-14-28-21/h1-6,15H,7-14H2,(H,23,26). The second-order valence-electron chi connectivity index (χ2n) is 7.13. The van der Waals surface area contributed by atoms with Crippen LogP contribution in [0.15, 0.2) is 42.6 Å². The Labute approximate surface area is 163 Å². The number of piperidine rings is 1. The van der Waals surface area contributed by atoms with E-state index in [-0.39, 0.29) is 11.7 Å². The van der Waals surface area contributed by atoms with Gasteiger partial charge in [-0.25, -0.2) is 9.37 Å². The van der Waals surface area contributed by atoms with Crippen molar-refractivity contribution in [1.29, 1.82) is 0 Å². The van der Waals surface area contributed by atoms with Crippen LogP contribution in [-0.4, -0.2) is 49.5 Å². The van der Waals surface area contributed by atoms with Gasteiger partial charge in [0.15, 0.2) is 5.79 Å². The lowest BCUT2D eigenvalue weighted by Crippen LogP contribution is -2.45. The number of amides is 1. The number of hydrogen-bond donors (Lipinski definition) is 1. The van der Waals surface area contributed by atoms with Crippen LogP contribution in [0.5, 0.6) is 0 Å². The smallest absolute Gasteiger partial charge is 0.269 e. The molecule has 2 saturated heterocycles. The van der Waals surface area contributed by atoms with Gasteiger partial charge in [-0.1, -0.05) is 12.1 Å². The number of benzene rings is 1. The molecule has 2 aliphatic rings. The summed E-state index contributed by atoms with van der Waals surface area (Å²) in [7, 11) is 0. The molecule has 4 rings (SSSR count). The predicted molar refractivity (Wildman–Crippen MR) is 103 cm³/mol. The number of nitrogens with zero attached hydrogens (tertiary/aromatic N) is 2. The molecular formula is C21H24FN3O3. The SMILES string of the molecule is O=C(NCCc1ccc(F)cc1)c1ccc(N2CCC3(CC2)OCCO3)cn1. The number of hydrogen-bond acceptors (Lipinski definition) is 5. The number of halogens is 1. The summed E-state index contributed by atoms with van der Waals surface area (Å²) >= 11 is 0. The summed E-state index contributed by atoms with van der Waals surface area (Å²) in [6.07, 6.45) is 4.05. The summed E-state index contributed by atoms with van der Waals surface area (Å²) in [5.74, 6) is -0.864. The fourth-order valence-electron chi connectivity index (χ4n) is 3.66. The molecule has 1 N–H and O–H groups in total. The quantitative estimate of drug-likeness (QED) is 0.857. The van der Waals surface area contributed by atoms with Gasteiger partial charge in [-0.3, -0.25) is 4.79 Å². The van der Waals surface area contributed by atoms with E-state index >= 15 is 0 Å². The highest BCUT2D eigenvalue weighted by Crippen LogP contribution is 2.32. The molecule has 28 heavy (non-hydrogen) atoms. The van der Waals surface area contributed by atoms with Crippen molar-refractivity contribution in [2.75, 3.05) is 37.7 Å². The molecule has 1 aromatic heterocycles. The first-order valence-electron chi connectivity index (χ1n) is 9.65. The predicted octanol–water partition coefficient (Wildman–Crippen LogP) is 2.54. The van der Waals surface area contributed by atoms with Crippen molar-refractivity contribution in [2.24, 2.45) is 0 Å². The van der Waals surface area contributed by atoms with Gasteiger partial charge in [0.05, 0.1) is 25.1 Å². The lowest BCUT2D eigenvalue weighted by atomic mass is 10.0. The average molecular weight is 385 g/mol. The summed E-state index contributed by atoms with van der Waals surface area (Å²) in [6.45, 7) is 3.50. The maximum absolute atomic E-state index is 12.9. The number of carbonyl (C=O) groups is 1. The fourth-order valence-corrected chi connectivity index (χ4v) is 3.66. The Morgan fingerprint density at radius 2 is 1.82 bits per heavy atom. The van der Waals surface area contributed by atoms with E-state index in [1.807, 2.05) is 6.07 Å². The van der Waals surface area contributed by atoms with E-state index in [4.69, 9.17) is 9.47 Å². The van der Waals surface area contributed by atoms with Gasteiger partial charge in [-0.15, -0.1) is 0 Å². The van der Waals surface area contributed by atoms with Crippen molar-refractivity contribution < 1.29 is 18.7 Å². The summed E-state index contributed by atoms with van der Waals surface area (Å²) in [5, 5.41) is 2.85. The third-order valence-corrected chi connectivity index (χ3v) is 5.30. The minimum atomic E-state index is -0.395. The Morgan fingerprint density at radius 3 is 2.46 bits per heavy atom. The number of carbonyl (C=O) groups excluding carboxylic acids is 1. The molecule has 2 aliphatic heterocycles. The summed E-state index contributed by atoms with van der Waals surface area (Å²) in [5.41, 5.74) is 2.36. The molecule has 1 spiro atoms. The van der Waals surface area contributed by atoms with Gasteiger partial charge in [-0.05, 0) is 36.2 Å². The highest BCUT2D eigenvalue weighted by molar-refractivity contribution is 5.92. The molecule has 0 saturated carbocycles. The summed E-state index contributed by atoms with van der Waals surface area (Å²) < 4.78 is 24.4.